The molecule has 6 nitrogen and oxygen atoms in total. The Kier molecular flexibility index (Phi) is 2.51. The number of hydrogen-bond acceptors (Lipinski definition) is 5. The number of rotatable bonds is 3. The van der Waals surface area contributed by atoms with Crippen LogP contribution in [0.1, 0.15) is 6.92 Å². The number of aliphatic hydroxyl groups excluding tert-OH is 1. The minimum Gasteiger partial charge on any atom is -0.392 e. The van der Waals surface area contributed by atoms with Crippen molar-refractivity contribution in [2.45, 2.75) is 13.0 Å². The molecule has 2 aromatic heterocycles. The molecule has 0 amide bonds. The van der Waals surface area contributed by atoms with Gasteiger partial charge in [-0.25, -0.2) is 9.97 Å². The molecule has 2 N–H and O–H groups in total. The summed E-state index contributed by atoms with van der Waals surface area (Å²) in [5.41, 5.74) is 0.776. The van der Waals surface area contributed by atoms with Crippen LogP contribution in [0.25, 0.3) is 11.0 Å². The molecular formula is C9H13N5O. The molecule has 15 heavy (non-hydrogen) atoms. The topological polar surface area (TPSA) is 75.9 Å². The Morgan fingerprint density at radius 3 is 3.07 bits per heavy atom. The Balaban J connectivity index is 2.34. The quantitative estimate of drug-likeness (QED) is 0.749. The van der Waals surface area contributed by atoms with Crippen molar-refractivity contribution in [2.24, 2.45) is 7.05 Å². The smallest absolute Gasteiger partial charge is 0.163 e. The average Bonchev–Trinajstić information content (AvgIpc) is 2.58. The van der Waals surface area contributed by atoms with E-state index < -0.39 is 6.10 Å². The van der Waals surface area contributed by atoms with Crippen LogP contribution in [0, 0.1) is 0 Å². The van der Waals surface area contributed by atoms with Crippen LogP contribution in [0.3, 0.4) is 0 Å². The lowest BCUT2D eigenvalue weighted by atomic mass is 10.3. The highest BCUT2D eigenvalue weighted by molar-refractivity contribution is 5.85. The van der Waals surface area contributed by atoms with E-state index in [1.54, 1.807) is 17.8 Å². The molecule has 0 saturated carbocycles. The summed E-state index contributed by atoms with van der Waals surface area (Å²) in [5.74, 6) is 0.703. The van der Waals surface area contributed by atoms with Crippen LogP contribution in [0.5, 0.6) is 0 Å². The molecule has 0 aliphatic rings. The first-order valence-corrected chi connectivity index (χ1v) is 4.73. The Morgan fingerprint density at radius 1 is 1.53 bits per heavy atom. The molecule has 1 atom stereocenters. The first-order chi connectivity index (χ1) is 7.18. The third-order valence-corrected chi connectivity index (χ3v) is 2.09. The lowest BCUT2D eigenvalue weighted by Gasteiger charge is -2.07. The van der Waals surface area contributed by atoms with Crippen molar-refractivity contribution in [3.8, 4) is 0 Å². The zero-order chi connectivity index (χ0) is 10.8. The summed E-state index contributed by atoms with van der Waals surface area (Å²) in [4.78, 5) is 8.22. The largest absolute Gasteiger partial charge is 0.392 e. The van der Waals surface area contributed by atoms with Gasteiger partial charge in [-0.05, 0) is 6.92 Å². The highest BCUT2D eigenvalue weighted by Gasteiger charge is 2.07. The monoisotopic (exact) mass is 207 g/mol. The molecule has 0 aliphatic heterocycles. The van der Waals surface area contributed by atoms with E-state index in [0.717, 1.165) is 11.0 Å². The second-order valence-corrected chi connectivity index (χ2v) is 3.46. The van der Waals surface area contributed by atoms with E-state index in [2.05, 4.69) is 20.4 Å². The van der Waals surface area contributed by atoms with E-state index >= 15 is 0 Å². The van der Waals surface area contributed by atoms with Crippen molar-refractivity contribution in [2.75, 3.05) is 11.9 Å². The Hall–Kier alpha value is -1.69. The lowest BCUT2D eigenvalue weighted by molar-refractivity contribution is 0.208. The van der Waals surface area contributed by atoms with E-state index in [0.29, 0.717) is 12.4 Å². The van der Waals surface area contributed by atoms with Gasteiger partial charge in [-0.1, -0.05) is 0 Å². The number of hydrogen-bond donors (Lipinski definition) is 2. The summed E-state index contributed by atoms with van der Waals surface area (Å²) in [7, 11) is 1.83. The van der Waals surface area contributed by atoms with Gasteiger partial charge in [-0.2, -0.15) is 5.10 Å². The maximum Gasteiger partial charge on any atom is 0.163 e. The van der Waals surface area contributed by atoms with E-state index in [1.165, 1.54) is 6.33 Å². The predicted molar refractivity (Wildman–Crippen MR) is 56.5 cm³/mol. The van der Waals surface area contributed by atoms with E-state index in [9.17, 15) is 0 Å². The molecule has 0 saturated heterocycles. The van der Waals surface area contributed by atoms with Crippen LogP contribution in [0.4, 0.5) is 5.82 Å². The number of aryl methyl sites for hydroxylation is 1. The molecule has 0 fully saturated rings. The third kappa shape index (κ3) is 1.89. The SMILES string of the molecule is CC(O)CNc1ncnc2c1cnn2C. The van der Waals surface area contributed by atoms with E-state index in [4.69, 9.17) is 5.11 Å². The van der Waals surface area contributed by atoms with Crippen molar-refractivity contribution < 1.29 is 5.11 Å². The number of nitrogens with zero attached hydrogens (tertiary/aromatic N) is 4. The van der Waals surface area contributed by atoms with Gasteiger partial charge in [0.2, 0.25) is 0 Å². The summed E-state index contributed by atoms with van der Waals surface area (Å²) in [6.45, 7) is 2.18. The molecule has 1 unspecified atom stereocenters. The predicted octanol–water partition coefficient (Wildman–Crippen LogP) is 0.156. The maximum absolute atomic E-state index is 9.16. The van der Waals surface area contributed by atoms with Gasteiger partial charge < -0.3 is 10.4 Å². The van der Waals surface area contributed by atoms with Gasteiger partial charge in [0.1, 0.15) is 12.1 Å². The number of nitrogens with one attached hydrogen (secondary N) is 1. The highest BCUT2D eigenvalue weighted by atomic mass is 16.3. The molecule has 80 valence electrons. The lowest BCUT2D eigenvalue weighted by Crippen LogP contribution is -2.16. The van der Waals surface area contributed by atoms with Crippen molar-refractivity contribution >= 4 is 16.9 Å². The molecule has 0 radical (unpaired) electrons. The van der Waals surface area contributed by atoms with Gasteiger partial charge >= 0.3 is 0 Å². The minimum absolute atomic E-state index is 0.410. The van der Waals surface area contributed by atoms with Gasteiger partial charge in [-0.15, -0.1) is 0 Å². The maximum atomic E-state index is 9.16. The Labute approximate surface area is 87.0 Å². The molecule has 0 aliphatic carbocycles. The van der Waals surface area contributed by atoms with Gasteiger partial charge in [0, 0.05) is 13.6 Å². The average molecular weight is 207 g/mol. The van der Waals surface area contributed by atoms with Crippen LogP contribution < -0.4 is 5.32 Å². The molecule has 2 heterocycles. The third-order valence-electron chi connectivity index (χ3n) is 2.09. The van der Waals surface area contributed by atoms with Crippen LogP contribution in [-0.4, -0.2) is 37.5 Å². The fourth-order valence-electron chi connectivity index (χ4n) is 1.35. The van der Waals surface area contributed by atoms with Crippen molar-refractivity contribution in [1.29, 1.82) is 0 Å². The first kappa shape index (κ1) is 9.85. The van der Waals surface area contributed by atoms with Crippen LogP contribution in [-0.2, 0) is 7.05 Å². The van der Waals surface area contributed by atoms with Crippen molar-refractivity contribution in [3.05, 3.63) is 12.5 Å². The van der Waals surface area contributed by atoms with Crippen molar-refractivity contribution in [3.63, 3.8) is 0 Å². The van der Waals surface area contributed by atoms with Crippen LogP contribution in [0.15, 0.2) is 12.5 Å². The van der Waals surface area contributed by atoms with Gasteiger partial charge in [0.05, 0.1) is 17.7 Å². The van der Waals surface area contributed by atoms with Gasteiger partial charge in [0.15, 0.2) is 5.65 Å². The molecule has 0 spiro atoms. The zero-order valence-electron chi connectivity index (χ0n) is 8.68. The van der Waals surface area contributed by atoms with Gasteiger partial charge in [-0.3, -0.25) is 4.68 Å². The summed E-state index contributed by atoms with van der Waals surface area (Å²) >= 11 is 0. The molecule has 2 aromatic rings. The highest BCUT2D eigenvalue weighted by Crippen LogP contribution is 2.17. The molecule has 0 aromatic carbocycles. The summed E-state index contributed by atoms with van der Waals surface area (Å²) in [5, 5.41) is 17.2. The number of aliphatic hydroxyl groups is 1. The molecular weight excluding hydrogens is 194 g/mol. The normalized spacial score (nSPS) is 13.0. The zero-order valence-corrected chi connectivity index (χ0v) is 8.68. The Bertz CT molecular complexity index is 464. The molecule has 6 heteroatoms. The number of fused-ring (bicyclic) bond motifs is 1. The fraction of sp³-hybridized carbons (Fsp3) is 0.444. The van der Waals surface area contributed by atoms with E-state index in [-0.39, 0.29) is 0 Å². The van der Waals surface area contributed by atoms with Crippen molar-refractivity contribution in [1.82, 2.24) is 19.7 Å². The minimum atomic E-state index is -0.410. The van der Waals surface area contributed by atoms with Crippen LogP contribution in [0.2, 0.25) is 0 Å². The van der Waals surface area contributed by atoms with Gasteiger partial charge in [0.25, 0.3) is 0 Å². The molecule has 0 bridgehead atoms. The summed E-state index contributed by atoms with van der Waals surface area (Å²) < 4.78 is 1.69. The second kappa shape index (κ2) is 3.82. The van der Waals surface area contributed by atoms with E-state index in [1.807, 2.05) is 7.05 Å². The fourth-order valence-corrected chi connectivity index (χ4v) is 1.35. The second-order valence-electron chi connectivity index (χ2n) is 3.46. The van der Waals surface area contributed by atoms with Crippen LogP contribution >= 0.6 is 0 Å². The standard InChI is InChI=1S/C9H13N5O/c1-6(15)3-10-8-7-4-13-14(2)9(7)12-5-11-8/h4-6,15H,3H2,1-2H3,(H,10,11,12). The number of anilines is 1. The number of aromatic nitrogens is 4. The summed E-state index contributed by atoms with van der Waals surface area (Å²) in [6.07, 6.45) is 2.78. The first-order valence-electron chi connectivity index (χ1n) is 4.73. The molecule has 2 rings (SSSR count). The summed E-state index contributed by atoms with van der Waals surface area (Å²) in [6, 6.07) is 0. The Morgan fingerprint density at radius 2 is 2.33 bits per heavy atom.